The number of H-pyrrole nitrogens is 1. The van der Waals surface area contributed by atoms with E-state index in [1.807, 2.05) is 6.92 Å². The summed E-state index contributed by atoms with van der Waals surface area (Å²) in [5, 5.41) is 5.49. The predicted molar refractivity (Wildman–Crippen MR) is 131 cm³/mol. The number of nitrogens with one attached hydrogen (secondary N) is 4. The lowest BCUT2D eigenvalue weighted by Crippen LogP contribution is -2.17. The molecule has 1 atom stereocenters. The molecule has 0 saturated carbocycles. The number of rotatable bonds is 9. The predicted octanol–water partition coefficient (Wildman–Crippen LogP) is 4.98. The molecule has 1 unspecified atom stereocenters. The Kier molecular flexibility index (Phi) is 7.85. The van der Waals surface area contributed by atoms with Crippen molar-refractivity contribution in [1.29, 1.82) is 4.78 Å². The van der Waals surface area contributed by atoms with Crippen molar-refractivity contribution < 1.29 is 18.6 Å². The number of hydrogen-bond donors (Lipinski definition) is 4. The zero-order valence-corrected chi connectivity index (χ0v) is 20.2. The first-order valence-corrected chi connectivity index (χ1v) is 12.6. The van der Waals surface area contributed by atoms with Gasteiger partial charge in [-0.3, -0.25) is 14.4 Å². The van der Waals surface area contributed by atoms with Gasteiger partial charge in [-0.1, -0.05) is 25.4 Å². The molecule has 1 heterocycles. The van der Waals surface area contributed by atoms with Gasteiger partial charge in [0.2, 0.25) is 0 Å². The van der Waals surface area contributed by atoms with Gasteiger partial charge >= 0.3 is 0 Å². The molecule has 4 N–H and O–H groups in total. The summed E-state index contributed by atoms with van der Waals surface area (Å²) in [4.78, 5) is 44.2. The van der Waals surface area contributed by atoms with E-state index in [9.17, 15) is 18.6 Å². The SMILES string of the molecule is CCCC(=O)c1nc[nH]c1C(=O)Nc1ccc(NC(=O)c2ccc(S(=N)(=O)CC)cc2Cl)cc1. The molecule has 3 rings (SSSR count). The number of Topliss-reactive ketones (excluding diaryl/α,β-unsaturated/α-hetero) is 1. The van der Waals surface area contributed by atoms with Crippen LogP contribution in [-0.4, -0.2) is 37.5 Å². The smallest absolute Gasteiger partial charge is 0.274 e. The molecule has 0 fully saturated rings. The third kappa shape index (κ3) is 5.70. The maximum atomic E-state index is 12.6. The molecule has 0 aliphatic carbocycles. The molecule has 178 valence electrons. The molecule has 0 saturated heterocycles. The number of benzene rings is 2. The highest BCUT2D eigenvalue weighted by molar-refractivity contribution is 7.92. The maximum absolute atomic E-state index is 12.6. The Labute approximate surface area is 202 Å². The van der Waals surface area contributed by atoms with Crippen LogP contribution in [0.5, 0.6) is 0 Å². The highest BCUT2D eigenvalue weighted by Crippen LogP contribution is 2.24. The van der Waals surface area contributed by atoms with Gasteiger partial charge < -0.3 is 15.6 Å². The van der Waals surface area contributed by atoms with Crippen LogP contribution >= 0.6 is 11.6 Å². The van der Waals surface area contributed by atoms with Crippen molar-refractivity contribution >= 4 is 50.3 Å². The number of anilines is 2. The molecule has 1 aromatic heterocycles. The van der Waals surface area contributed by atoms with Crippen molar-refractivity contribution in [3.05, 3.63) is 70.8 Å². The van der Waals surface area contributed by atoms with E-state index in [0.29, 0.717) is 24.2 Å². The summed E-state index contributed by atoms with van der Waals surface area (Å²) in [5.74, 6) is -1.04. The number of aromatic nitrogens is 2. The molecule has 0 bridgehead atoms. The number of carbonyl (C=O) groups is 3. The van der Waals surface area contributed by atoms with E-state index < -0.39 is 21.5 Å². The van der Waals surface area contributed by atoms with Gasteiger partial charge in [-0.25, -0.2) is 14.0 Å². The van der Waals surface area contributed by atoms with Gasteiger partial charge in [-0.15, -0.1) is 0 Å². The van der Waals surface area contributed by atoms with Gasteiger partial charge in [0.25, 0.3) is 11.8 Å². The van der Waals surface area contributed by atoms with Gasteiger partial charge in [-0.05, 0) is 48.9 Å². The Morgan fingerprint density at radius 1 is 1.03 bits per heavy atom. The molecular formula is C23H24ClN5O4S. The Morgan fingerprint density at radius 3 is 2.21 bits per heavy atom. The summed E-state index contributed by atoms with van der Waals surface area (Å²) >= 11 is 6.19. The van der Waals surface area contributed by atoms with E-state index >= 15 is 0 Å². The first kappa shape index (κ1) is 25.1. The molecule has 2 aromatic carbocycles. The molecule has 11 heteroatoms. The first-order valence-electron chi connectivity index (χ1n) is 10.5. The van der Waals surface area contributed by atoms with Crippen molar-refractivity contribution in [2.45, 2.75) is 31.6 Å². The minimum absolute atomic E-state index is 0.0913. The number of aromatic amines is 1. The summed E-state index contributed by atoms with van der Waals surface area (Å²) in [6.07, 6.45) is 2.25. The summed E-state index contributed by atoms with van der Waals surface area (Å²) in [6, 6.07) is 10.7. The Bertz CT molecular complexity index is 1330. The number of carbonyl (C=O) groups excluding carboxylic acids is 3. The summed E-state index contributed by atoms with van der Waals surface area (Å²) < 4.78 is 20.1. The van der Waals surface area contributed by atoms with Gasteiger partial charge in [0, 0.05) is 28.4 Å². The third-order valence-electron chi connectivity index (χ3n) is 4.98. The normalized spacial score (nSPS) is 12.6. The van der Waals surface area contributed by atoms with E-state index in [1.165, 1.54) is 24.5 Å². The number of amides is 2. The van der Waals surface area contributed by atoms with Crippen molar-refractivity contribution in [1.82, 2.24) is 9.97 Å². The Hall–Kier alpha value is -3.50. The highest BCUT2D eigenvalue weighted by atomic mass is 35.5. The standard InChI is InChI=1S/C23H24ClN5O4S/c1-3-5-19(30)20-21(27-13-26-20)23(32)29-15-8-6-14(7-9-15)28-22(31)17-11-10-16(12-18(17)24)34(25,33)4-2/h6-13,25H,3-5H2,1-2H3,(H,26,27)(H,28,31)(H,29,32). The summed E-state index contributed by atoms with van der Waals surface area (Å²) in [5.41, 5.74) is 1.29. The van der Waals surface area contributed by atoms with E-state index in [2.05, 4.69) is 20.6 Å². The van der Waals surface area contributed by atoms with Gasteiger partial charge in [0.15, 0.2) is 5.78 Å². The van der Waals surface area contributed by atoms with Crippen LogP contribution in [0.15, 0.2) is 53.7 Å². The largest absolute Gasteiger partial charge is 0.340 e. The average Bonchev–Trinajstić information content (AvgIpc) is 3.31. The van der Waals surface area contributed by atoms with Crippen LogP contribution < -0.4 is 10.6 Å². The number of imidazole rings is 1. The molecular weight excluding hydrogens is 478 g/mol. The molecule has 0 aliphatic rings. The number of nitrogens with zero attached hydrogens (tertiary/aromatic N) is 1. The van der Waals surface area contributed by atoms with Gasteiger partial charge in [0.05, 0.1) is 26.6 Å². The van der Waals surface area contributed by atoms with Crippen LogP contribution in [0.2, 0.25) is 5.02 Å². The Balaban J connectivity index is 1.68. The fourth-order valence-electron chi connectivity index (χ4n) is 3.10. The summed E-state index contributed by atoms with van der Waals surface area (Å²) in [7, 11) is -2.94. The molecule has 9 nitrogen and oxygen atoms in total. The zero-order valence-electron chi connectivity index (χ0n) is 18.6. The van der Waals surface area contributed by atoms with Crippen LogP contribution in [0.1, 0.15) is 58.0 Å². The van der Waals surface area contributed by atoms with Crippen molar-refractivity contribution in [2.75, 3.05) is 16.4 Å². The lowest BCUT2D eigenvalue weighted by molar-refractivity contribution is 0.0958. The second-order valence-corrected chi connectivity index (χ2v) is 10.2. The molecule has 0 aliphatic heterocycles. The number of halogens is 1. The summed E-state index contributed by atoms with van der Waals surface area (Å²) in [6.45, 7) is 3.52. The Morgan fingerprint density at radius 2 is 1.65 bits per heavy atom. The average molecular weight is 502 g/mol. The highest BCUT2D eigenvalue weighted by Gasteiger charge is 2.20. The van der Waals surface area contributed by atoms with Crippen molar-refractivity contribution in [3.63, 3.8) is 0 Å². The molecule has 0 radical (unpaired) electrons. The van der Waals surface area contributed by atoms with Crippen molar-refractivity contribution in [2.24, 2.45) is 0 Å². The fourth-order valence-corrected chi connectivity index (χ4v) is 4.37. The second kappa shape index (κ2) is 10.6. The van der Waals surface area contributed by atoms with E-state index in [1.54, 1.807) is 31.2 Å². The first-order chi connectivity index (χ1) is 16.2. The van der Waals surface area contributed by atoms with Crippen LogP contribution in [0, 0.1) is 4.78 Å². The van der Waals surface area contributed by atoms with Crippen LogP contribution in [0.25, 0.3) is 0 Å². The molecule has 0 spiro atoms. The van der Waals surface area contributed by atoms with Crippen molar-refractivity contribution in [3.8, 4) is 0 Å². The van der Waals surface area contributed by atoms with Gasteiger partial charge in [-0.2, -0.15) is 0 Å². The van der Waals surface area contributed by atoms with Crippen LogP contribution in [-0.2, 0) is 9.73 Å². The number of ketones is 1. The minimum atomic E-state index is -2.94. The second-order valence-electron chi connectivity index (χ2n) is 7.39. The monoisotopic (exact) mass is 501 g/mol. The van der Waals surface area contributed by atoms with E-state index in [-0.39, 0.29) is 38.4 Å². The minimum Gasteiger partial charge on any atom is -0.340 e. The maximum Gasteiger partial charge on any atom is 0.274 e. The lowest BCUT2D eigenvalue weighted by atomic mass is 10.1. The fraction of sp³-hybridized carbons (Fsp3) is 0.217. The van der Waals surface area contributed by atoms with Gasteiger partial charge in [0.1, 0.15) is 11.4 Å². The van der Waals surface area contributed by atoms with Crippen LogP contribution in [0.3, 0.4) is 0 Å². The topological polar surface area (TPSA) is 145 Å². The van der Waals surface area contributed by atoms with Crippen LogP contribution in [0.4, 0.5) is 11.4 Å². The van der Waals surface area contributed by atoms with E-state index in [4.69, 9.17) is 16.4 Å². The van der Waals surface area contributed by atoms with E-state index in [0.717, 1.165) is 0 Å². The molecule has 34 heavy (non-hydrogen) atoms. The quantitative estimate of drug-likeness (QED) is 0.305. The zero-order chi connectivity index (χ0) is 24.9. The molecule has 3 aromatic rings. The molecule has 2 amide bonds. The third-order valence-corrected chi connectivity index (χ3v) is 7.12. The number of hydrogen-bond acceptors (Lipinski definition) is 6. The lowest BCUT2D eigenvalue weighted by Gasteiger charge is -2.10.